The lowest BCUT2D eigenvalue weighted by Crippen LogP contribution is -2.48. The van der Waals surface area contributed by atoms with Crippen molar-refractivity contribution in [3.05, 3.63) is 35.9 Å². The number of rotatable bonds is 4. The van der Waals surface area contributed by atoms with Crippen LogP contribution in [0, 0.1) is 0 Å². The van der Waals surface area contributed by atoms with Crippen molar-refractivity contribution in [1.82, 2.24) is 24.5 Å². The van der Waals surface area contributed by atoms with Gasteiger partial charge < -0.3 is 15.1 Å². The molecule has 2 aliphatic rings. The van der Waals surface area contributed by atoms with Gasteiger partial charge >= 0.3 is 0 Å². The predicted molar refractivity (Wildman–Crippen MR) is 103 cm³/mol. The molecule has 2 aromatic heterocycles. The number of fused-ring (bicyclic) bond motifs is 1. The second-order valence-electron chi connectivity index (χ2n) is 7.48. The van der Waals surface area contributed by atoms with E-state index in [9.17, 15) is 14.4 Å². The zero-order valence-corrected chi connectivity index (χ0v) is 15.8. The zero-order chi connectivity index (χ0) is 19.5. The van der Waals surface area contributed by atoms with Gasteiger partial charge in [-0.1, -0.05) is 25.3 Å². The molecule has 2 fully saturated rings. The van der Waals surface area contributed by atoms with Crippen LogP contribution in [0.4, 0.5) is 0 Å². The normalized spacial score (nSPS) is 18.3. The van der Waals surface area contributed by atoms with Crippen LogP contribution in [0.25, 0.3) is 5.52 Å². The number of amides is 3. The fourth-order valence-corrected chi connectivity index (χ4v) is 4.03. The van der Waals surface area contributed by atoms with Crippen LogP contribution in [0.15, 0.2) is 24.4 Å². The minimum absolute atomic E-state index is 0.174. The molecule has 2 aromatic rings. The molecule has 0 spiro atoms. The fraction of sp³-hybridized carbons (Fsp3) is 0.500. The maximum absolute atomic E-state index is 13.0. The van der Waals surface area contributed by atoms with Crippen molar-refractivity contribution in [2.45, 2.75) is 38.1 Å². The topological polar surface area (TPSA) is 87.0 Å². The van der Waals surface area contributed by atoms with E-state index >= 15 is 0 Å². The van der Waals surface area contributed by atoms with Gasteiger partial charge in [0, 0.05) is 38.4 Å². The highest BCUT2D eigenvalue weighted by Gasteiger charge is 2.28. The van der Waals surface area contributed by atoms with Gasteiger partial charge in [-0.25, -0.2) is 4.98 Å². The average molecular weight is 383 g/mol. The third kappa shape index (κ3) is 3.58. The Hall–Kier alpha value is -2.90. The number of carbonyl (C=O) groups is 3. The van der Waals surface area contributed by atoms with E-state index < -0.39 is 0 Å². The number of carbonyl (C=O) groups excluding carboxylic acids is 3. The molecule has 148 valence electrons. The number of nitrogens with one attached hydrogen (secondary N) is 1. The van der Waals surface area contributed by atoms with E-state index in [0.29, 0.717) is 31.7 Å². The van der Waals surface area contributed by atoms with Crippen LogP contribution in [-0.4, -0.2) is 69.6 Å². The van der Waals surface area contributed by atoms with E-state index in [1.165, 1.54) is 6.42 Å². The number of nitrogens with zero attached hydrogens (tertiary/aromatic N) is 4. The van der Waals surface area contributed by atoms with Crippen molar-refractivity contribution in [1.29, 1.82) is 0 Å². The summed E-state index contributed by atoms with van der Waals surface area (Å²) in [5.74, 6) is -0.194. The van der Waals surface area contributed by atoms with Crippen molar-refractivity contribution < 1.29 is 14.4 Å². The molecule has 8 heteroatoms. The largest absolute Gasteiger partial charge is 0.347 e. The quantitative estimate of drug-likeness (QED) is 0.807. The Bertz CT molecular complexity index is 879. The predicted octanol–water partition coefficient (Wildman–Crippen LogP) is 1.31. The van der Waals surface area contributed by atoms with Crippen molar-refractivity contribution in [2.24, 2.45) is 0 Å². The zero-order valence-electron chi connectivity index (χ0n) is 15.8. The lowest BCUT2D eigenvalue weighted by molar-refractivity contribution is -0.119. The monoisotopic (exact) mass is 383 g/mol. The molecule has 1 saturated carbocycles. The first kappa shape index (κ1) is 18.5. The van der Waals surface area contributed by atoms with Gasteiger partial charge in [0.1, 0.15) is 0 Å². The van der Waals surface area contributed by atoms with Gasteiger partial charge in [-0.3, -0.25) is 18.8 Å². The third-order valence-electron chi connectivity index (χ3n) is 5.64. The maximum atomic E-state index is 13.0. The Morgan fingerprint density at radius 3 is 2.54 bits per heavy atom. The lowest BCUT2D eigenvalue weighted by atomic mass is 9.95. The average Bonchev–Trinajstić information content (AvgIpc) is 3.14. The number of aromatic nitrogens is 2. The lowest BCUT2D eigenvalue weighted by Gasteiger charge is -2.32. The highest BCUT2D eigenvalue weighted by Crippen LogP contribution is 2.20. The van der Waals surface area contributed by atoms with E-state index in [1.807, 2.05) is 12.1 Å². The fourth-order valence-electron chi connectivity index (χ4n) is 4.03. The SMILES string of the molecule is O=CN1CCN(C(=O)c2nc(C(=O)NC3CCCCC3)n3ccccc23)CC1. The first-order valence-corrected chi connectivity index (χ1v) is 9.94. The summed E-state index contributed by atoms with van der Waals surface area (Å²) in [4.78, 5) is 44.6. The second kappa shape index (κ2) is 8.00. The molecular weight excluding hydrogens is 358 g/mol. The van der Waals surface area contributed by atoms with Gasteiger partial charge in [-0.15, -0.1) is 0 Å². The van der Waals surface area contributed by atoms with E-state index in [2.05, 4.69) is 10.3 Å². The molecule has 28 heavy (non-hydrogen) atoms. The Labute approximate surface area is 163 Å². The summed E-state index contributed by atoms with van der Waals surface area (Å²) in [6, 6.07) is 5.64. The smallest absolute Gasteiger partial charge is 0.287 e. The van der Waals surface area contributed by atoms with Crippen LogP contribution < -0.4 is 5.32 Å². The van der Waals surface area contributed by atoms with Gasteiger partial charge in [-0.2, -0.15) is 0 Å². The summed E-state index contributed by atoms with van der Waals surface area (Å²) in [6.07, 6.45) is 8.02. The third-order valence-corrected chi connectivity index (χ3v) is 5.64. The van der Waals surface area contributed by atoms with Crippen LogP contribution in [-0.2, 0) is 4.79 Å². The minimum atomic E-state index is -0.238. The molecule has 8 nitrogen and oxygen atoms in total. The molecule has 0 unspecified atom stereocenters. The second-order valence-corrected chi connectivity index (χ2v) is 7.48. The highest BCUT2D eigenvalue weighted by molar-refractivity contribution is 6.02. The van der Waals surface area contributed by atoms with Crippen molar-refractivity contribution in [3.63, 3.8) is 0 Å². The van der Waals surface area contributed by atoms with Crippen molar-refractivity contribution in [3.8, 4) is 0 Å². The van der Waals surface area contributed by atoms with E-state index in [0.717, 1.165) is 32.1 Å². The summed E-state index contributed by atoms with van der Waals surface area (Å²) < 4.78 is 1.69. The Morgan fingerprint density at radius 1 is 1.07 bits per heavy atom. The molecule has 3 amide bonds. The van der Waals surface area contributed by atoms with Crippen LogP contribution in [0.1, 0.15) is 53.2 Å². The number of piperazine rings is 1. The summed E-state index contributed by atoms with van der Waals surface area (Å²) in [6.45, 7) is 1.95. The molecule has 4 rings (SSSR count). The first-order valence-electron chi connectivity index (χ1n) is 9.94. The van der Waals surface area contributed by atoms with E-state index in [-0.39, 0.29) is 29.4 Å². The van der Waals surface area contributed by atoms with E-state index in [4.69, 9.17) is 0 Å². The molecule has 3 heterocycles. The summed E-state index contributed by atoms with van der Waals surface area (Å²) >= 11 is 0. The van der Waals surface area contributed by atoms with Crippen LogP contribution in [0.5, 0.6) is 0 Å². The molecule has 1 saturated heterocycles. The van der Waals surface area contributed by atoms with Gasteiger partial charge in [-0.05, 0) is 25.0 Å². The highest BCUT2D eigenvalue weighted by atomic mass is 16.2. The van der Waals surface area contributed by atoms with Crippen molar-refractivity contribution in [2.75, 3.05) is 26.2 Å². The summed E-state index contributed by atoms with van der Waals surface area (Å²) in [5, 5.41) is 3.08. The van der Waals surface area contributed by atoms with Gasteiger partial charge in [0.25, 0.3) is 11.8 Å². The molecule has 0 atom stereocenters. The molecule has 0 radical (unpaired) electrons. The number of hydrogen-bond donors (Lipinski definition) is 1. The van der Waals surface area contributed by atoms with Gasteiger partial charge in [0.05, 0.1) is 5.52 Å². The Balaban J connectivity index is 1.58. The Morgan fingerprint density at radius 2 is 1.82 bits per heavy atom. The molecule has 1 aliphatic carbocycles. The number of imidazole rings is 1. The molecule has 0 aromatic carbocycles. The molecular formula is C20H25N5O3. The van der Waals surface area contributed by atoms with Crippen LogP contribution in [0.3, 0.4) is 0 Å². The Kier molecular flexibility index (Phi) is 5.27. The first-order chi connectivity index (χ1) is 13.7. The maximum Gasteiger partial charge on any atom is 0.287 e. The summed E-state index contributed by atoms with van der Waals surface area (Å²) in [7, 11) is 0. The van der Waals surface area contributed by atoms with Crippen LogP contribution >= 0.6 is 0 Å². The molecule has 1 N–H and O–H groups in total. The van der Waals surface area contributed by atoms with E-state index in [1.54, 1.807) is 26.5 Å². The van der Waals surface area contributed by atoms with Gasteiger partial charge in [0.15, 0.2) is 5.69 Å². The number of pyridine rings is 1. The molecule has 0 bridgehead atoms. The standard InChI is InChI=1S/C20H25N5O3/c26-14-23-10-12-24(13-11-23)20(28)17-16-8-4-5-9-25(16)18(22-17)19(27)21-15-6-2-1-3-7-15/h4-5,8-9,14-15H,1-3,6-7,10-13H2,(H,21,27). The van der Waals surface area contributed by atoms with Gasteiger partial charge in [0.2, 0.25) is 12.2 Å². The van der Waals surface area contributed by atoms with Crippen LogP contribution in [0.2, 0.25) is 0 Å². The minimum Gasteiger partial charge on any atom is -0.347 e. The summed E-state index contributed by atoms with van der Waals surface area (Å²) in [5.41, 5.74) is 0.910. The number of hydrogen-bond acceptors (Lipinski definition) is 4. The van der Waals surface area contributed by atoms with Crippen molar-refractivity contribution >= 4 is 23.7 Å². The molecule has 1 aliphatic heterocycles.